The standard InChI is InChI=1S/C11H22N2O3/c1-9(14)13(8-6-7-12-5)10(15)16-11(2,3)4/h12H,6-8H2,1-5H3. The van der Waals surface area contributed by atoms with Crippen LogP contribution >= 0.6 is 0 Å². The fourth-order valence-electron chi connectivity index (χ4n) is 1.11. The van der Waals surface area contributed by atoms with Crippen LogP contribution in [0.3, 0.4) is 0 Å². The normalized spacial score (nSPS) is 11.1. The van der Waals surface area contributed by atoms with E-state index in [1.54, 1.807) is 20.8 Å². The number of ether oxygens (including phenoxy) is 1. The molecule has 0 spiro atoms. The Bertz CT molecular complexity index is 246. The molecular formula is C11H22N2O3. The molecule has 0 aromatic carbocycles. The van der Waals surface area contributed by atoms with Crippen LogP contribution < -0.4 is 5.32 Å². The molecule has 5 nitrogen and oxygen atoms in total. The van der Waals surface area contributed by atoms with Gasteiger partial charge in [-0.25, -0.2) is 9.69 Å². The number of imide groups is 1. The third kappa shape index (κ3) is 6.40. The first kappa shape index (κ1) is 14.9. The van der Waals surface area contributed by atoms with Crippen LogP contribution in [-0.4, -0.2) is 42.6 Å². The molecule has 0 aliphatic heterocycles. The first-order valence-corrected chi connectivity index (χ1v) is 5.43. The second kappa shape index (κ2) is 6.48. The molecule has 0 fully saturated rings. The van der Waals surface area contributed by atoms with Gasteiger partial charge in [-0.2, -0.15) is 0 Å². The van der Waals surface area contributed by atoms with Crippen molar-refractivity contribution in [3.8, 4) is 0 Å². The van der Waals surface area contributed by atoms with Gasteiger partial charge in [0.2, 0.25) is 5.91 Å². The third-order valence-electron chi connectivity index (χ3n) is 1.80. The smallest absolute Gasteiger partial charge is 0.417 e. The molecule has 2 amide bonds. The molecular weight excluding hydrogens is 208 g/mol. The largest absolute Gasteiger partial charge is 0.443 e. The van der Waals surface area contributed by atoms with Crippen molar-refractivity contribution in [2.75, 3.05) is 20.1 Å². The van der Waals surface area contributed by atoms with Gasteiger partial charge in [-0.1, -0.05) is 0 Å². The van der Waals surface area contributed by atoms with Crippen molar-refractivity contribution in [3.63, 3.8) is 0 Å². The van der Waals surface area contributed by atoms with Crippen LogP contribution in [0.15, 0.2) is 0 Å². The van der Waals surface area contributed by atoms with Crippen molar-refractivity contribution in [3.05, 3.63) is 0 Å². The molecule has 0 saturated carbocycles. The second-order valence-corrected chi connectivity index (χ2v) is 4.61. The molecule has 0 saturated heterocycles. The lowest BCUT2D eigenvalue weighted by molar-refractivity contribution is -0.128. The Morgan fingerprint density at radius 2 is 1.88 bits per heavy atom. The van der Waals surface area contributed by atoms with Crippen LogP contribution in [0, 0.1) is 0 Å². The number of nitrogens with one attached hydrogen (secondary N) is 1. The van der Waals surface area contributed by atoms with Crippen molar-refractivity contribution in [1.82, 2.24) is 10.2 Å². The lowest BCUT2D eigenvalue weighted by Gasteiger charge is -2.25. The first-order chi connectivity index (χ1) is 7.28. The van der Waals surface area contributed by atoms with E-state index in [-0.39, 0.29) is 5.91 Å². The van der Waals surface area contributed by atoms with E-state index in [9.17, 15) is 9.59 Å². The summed E-state index contributed by atoms with van der Waals surface area (Å²) >= 11 is 0. The van der Waals surface area contributed by atoms with Crippen molar-refractivity contribution in [1.29, 1.82) is 0 Å². The highest BCUT2D eigenvalue weighted by molar-refractivity contribution is 5.90. The van der Waals surface area contributed by atoms with E-state index >= 15 is 0 Å². The summed E-state index contributed by atoms with van der Waals surface area (Å²) in [6.45, 7) is 7.82. The van der Waals surface area contributed by atoms with E-state index in [0.717, 1.165) is 17.9 Å². The van der Waals surface area contributed by atoms with E-state index in [2.05, 4.69) is 5.32 Å². The average Bonchev–Trinajstić information content (AvgIpc) is 2.08. The molecule has 1 N–H and O–H groups in total. The second-order valence-electron chi connectivity index (χ2n) is 4.61. The molecule has 5 heteroatoms. The zero-order chi connectivity index (χ0) is 12.8. The number of carbonyl (C=O) groups is 2. The van der Waals surface area contributed by atoms with Gasteiger partial charge in [-0.05, 0) is 40.8 Å². The van der Waals surface area contributed by atoms with E-state index < -0.39 is 11.7 Å². The zero-order valence-electron chi connectivity index (χ0n) is 10.8. The molecule has 0 radical (unpaired) electrons. The predicted molar refractivity (Wildman–Crippen MR) is 62.2 cm³/mol. The van der Waals surface area contributed by atoms with Gasteiger partial charge in [0.1, 0.15) is 5.60 Å². The van der Waals surface area contributed by atoms with Crippen LogP contribution in [-0.2, 0) is 9.53 Å². The molecule has 94 valence electrons. The van der Waals surface area contributed by atoms with Gasteiger partial charge >= 0.3 is 6.09 Å². The number of nitrogens with zero attached hydrogens (tertiary/aromatic N) is 1. The van der Waals surface area contributed by atoms with Gasteiger partial charge in [-0.3, -0.25) is 4.79 Å². The Morgan fingerprint density at radius 1 is 1.31 bits per heavy atom. The van der Waals surface area contributed by atoms with Crippen LogP contribution in [0.4, 0.5) is 4.79 Å². The Morgan fingerprint density at radius 3 is 2.25 bits per heavy atom. The van der Waals surface area contributed by atoms with Crippen LogP contribution in [0.1, 0.15) is 34.1 Å². The summed E-state index contributed by atoms with van der Waals surface area (Å²) in [4.78, 5) is 24.1. The zero-order valence-corrected chi connectivity index (χ0v) is 10.8. The van der Waals surface area contributed by atoms with E-state index in [4.69, 9.17) is 4.74 Å². The highest BCUT2D eigenvalue weighted by atomic mass is 16.6. The van der Waals surface area contributed by atoms with Gasteiger partial charge in [0.15, 0.2) is 0 Å². The van der Waals surface area contributed by atoms with E-state index in [1.165, 1.54) is 6.92 Å². The van der Waals surface area contributed by atoms with Gasteiger partial charge in [0.25, 0.3) is 0 Å². The lowest BCUT2D eigenvalue weighted by Crippen LogP contribution is -2.40. The highest BCUT2D eigenvalue weighted by Gasteiger charge is 2.24. The van der Waals surface area contributed by atoms with Crippen molar-refractivity contribution >= 4 is 12.0 Å². The van der Waals surface area contributed by atoms with Crippen LogP contribution in [0.2, 0.25) is 0 Å². The quantitative estimate of drug-likeness (QED) is 0.741. The van der Waals surface area contributed by atoms with Crippen molar-refractivity contribution in [2.45, 2.75) is 39.7 Å². The first-order valence-electron chi connectivity index (χ1n) is 5.43. The summed E-state index contributed by atoms with van der Waals surface area (Å²) in [6.07, 6.45) is 0.145. The van der Waals surface area contributed by atoms with E-state index in [0.29, 0.717) is 6.54 Å². The Hall–Kier alpha value is -1.10. The fourth-order valence-corrected chi connectivity index (χ4v) is 1.11. The van der Waals surface area contributed by atoms with Gasteiger partial charge in [0.05, 0.1) is 0 Å². The molecule has 0 aliphatic carbocycles. The Labute approximate surface area is 97.1 Å². The maximum atomic E-state index is 11.7. The number of rotatable bonds is 4. The number of amides is 2. The molecule has 16 heavy (non-hydrogen) atoms. The van der Waals surface area contributed by atoms with Crippen molar-refractivity contribution < 1.29 is 14.3 Å². The van der Waals surface area contributed by atoms with Gasteiger partial charge < -0.3 is 10.1 Å². The summed E-state index contributed by atoms with van der Waals surface area (Å²) < 4.78 is 5.14. The summed E-state index contributed by atoms with van der Waals surface area (Å²) in [5.41, 5.74) is -0.576. The number of hydrogen-bond donors (Lipinski definition) is 1. The molecule has 0 atom stereocenters. The number of hydrogen-bond acceptors (Lipinski definition) is 4. The minimum atomic E-state index is -0.576. The molecule has 0 unspecified atom stereocenters. The molecule has 0 heterocycles. The SMILES string of the molecule is CNCCCN(C(C)=O)C(=O)OC(C)(C)C. The van der Waals surface area contributed by atoms with Gasteiger partial charge in [0, 0.05) is 13.5 Å². The maximum absolute atomic E-state index is 11.7. The fraction of sp³-hybridized carbons (Fsp3) is 0.818. The molecule has 0 bridgehead atoms. The maximum Gasteiger partial charge on any atom is 0.417 e. The van der Waals surface area contributed by atoms with E-state index in [1.807, 2.05) is 7.05 Å². The van der Waals surface area contributed by atoms with Gasteiger partial charge in [-0.15, -0.1) is 0 Å². The summed E-state index contributed by atoms with van der Waals surface area (Å²) in [5.74, 6) is -0.287. The van der Waals surface area contributed by atoms with Crippen LogP contribution in [0.25, 0.3) is 0 Å². The summed E-state index contributed by atoms with van der Waals surface area (Å²) in [6, 6.07) is 0. The molecule has 0 rings (SSSR count). The predicted octanol–water partition coefficient (Wildman–Crippen LogP) is 1.38. The monoisotopic (exact) mass is 230 g/mol. The topological polar surface area (TPSA) is 58.6 Å². The molecule has 0 aromatic rings. The van der Waals surface area contributed by atoms with Crippen LogP contribution in [0.5, 0.6) is 0 Å². The minimum absolute atomic E-state index is 0.287. The third-order valence-corrected chi connectivity index (χ3v) is 1.80. The molecule has 0 aromatic heterocycles. The highest BCUT2D eigenvalue weighted by Crippen LogP contribution is 2.10. The summed E-state index contributed by atoms with van der Waals surface area (Å²) in [7, 11) is 1.82. The summed E-state index contributed by atoms with van der Waals surface area (Å²) in [5, 5.41) is 2.96. The van der Waals surface area contributed by atoms with Crippen molar-refractivity contribution in [2.24, 2.45) is 0 Å². The Balaban J connectivity index is 4.31. The Kier molecular flexibility index (Phi) is 6.03. The average molecular weight is 230 g/mol. The lowest BCUT2D eigenvalue weighted by atomic mass is 10.2. The number of carbonyl (C=O) groups excluding carboxylic acids is 2. The minimum Gasteiger partial charge on any atom is -0.443 e. The molecule has 0 aliphatic rings.